The average Bonchev–Trinajstić information content (AvgIpc) is 3.09. The summed E-state index contributed by atoms with van der Waals surface area (Å²) >= 11 is 0. The topological polar surface area (TPSA) is 42.0 Å². The van der Waals surface area contributed by atoms with E-state index >= 15 is 0 Å². The number of likely N-dealkylation sites (tertiary alicyclic amines) is 2. The first kappa shape index (κ1) is 16.7. The Hall–Kier alpha value is -1.75. The molecule has 25 heavy (non-hydrogen) atoms. The SMILES string of the molecule is C[C@@H]1CCCN(C(=O)C2CCN(Cc3ccc4c(c3)OCO4)CC2)C1. The van der Waals surface area contributed by atoms with E-state index in [9.17, 15) is 4.79 Å². The van der Waals surface area contributed by atoms with Gasteiger partial charge in [-0.25, -0.2) is 0 Å². The van der Waals surface area contributed by atoms with Crippen LogP contribution >= 0.6 is 0 Å². The van der Waals surface area contributed by atoms with Gasteiger partial charge in [0.25, 0.3) is 0 Å². The summed E-state index contributed by atoms with van der Waals surface area (Å²) in [4.78, 5) is 17.3. The number of rotatable bonds is 3. The van der Waals surface area contributed by atoms with E-state index in [4.69, 9.17) is 9.47 Å². The average molecular weight is 344 g/mol. The van der Waals surface area contributed by atoms with Crippen molar-refractivity contribution >= 4 is 5.91 Å². The monoisotopic (exact) mass is 344 g/mol. The minimum Gasteiger partial charge on any atom is -0.454 e. The lowest BCUT2D eigenvalue weighted by Gasteiger charge is -2.37. The Balaban J connectivity index is 1.29. The predicted octanol–water partition coefficient (Wildman–Crippen LogP) is 2.89. The lowest BCUT2D eigenvalue weighted by molar-refractivity contribution is -0.138. The molecule has 1 amide bonds. The minimum atomic E-state index is 0.221. The quantitative estimate of drug-likeness (QED) is 0.846. The molecule has 5 nitrogen and oxygen atoms in total. The molecule has 2 saturated heterocycles. The van der Waals surface area contributed by atoms with E-state index in [1.54, 1.807) is 0 Å². The van der Waals surface area contributed by atoms with E-state index in [0.29, 0.717) is 18.6 Å². The van der Waals surface area contributed by atoms with Crippen molar-refractivity contribution in [3.05, 3.63) is 23.8 Å². The fourth-order valence-corrected chi connectivity index (χ4v) is 4.28. The van der Waals surface area contributed by atoms with Gasteiger partial charge in [-0.1, -0.05) is 13.0 Å². The molecule has 2 fully saturated rings. The maximum atomic E-state index is 12.8. The van der Waals surface area contributed by atoms with Gasteiger partial charge in [0.1, 0.15) is 0 Å². The van der Waals surface area contributed by atoms with Crippen LogP contribution in [0, 0.1) is 11.8 Å². The Morgan fingerprint density at radius 1 is 1.12 bits per heavy atom. The Labute approximate surface area is 149 Å². The molecular formula is C20H28N2O3. The lowest BCUT2D eigenvalue weighted by Crippen LogP contribution is -2.45. The van der Waals surface area contributed by atoms with Crippen molar-refractivity contribution in [1.29, 1.82) is 0 Å². The number of carbonyl (C=O) groups excluding carboxylic acids is 1. The van der Waals surface area contributed by atoms with Crippen LogP contribution in [-0.2, 0) is 11.3 Å². The first-order valence-electron chi connectivity index (χ1n) is 9.59. The number of nitrogens with zero attached hydrogens (tertiary/aromatic N) is 2. The van der Waals surface area contributed by atoms with Gasteiger partial charge in [0.05, 0.1) is 0 Å². The second-order valence-corrected chi connectivity index (χ2v) is 7.77. The zero-order valence-electron chi connectivity index (χ0n) is 15.1. The number of benzene rings is 1. The number of fused-ring (bicyclic) bond motifs is 1. The highest BCUT2D eigenvalue weighted by molar-refractivity contribution is 5.79. The van der Waals surface area contributed by atoms with Gasteiger partial charge in [0.2, 0.25) is 12.7 Å². The summed E-state index contributed by atoms with van der Waals surface area (Å²) in [5.41, 5.74) is 1.25. The molecule has 1 aromatic carbocycles. The molecule has 4 rings (SSSR count). The highest BCUT2D eigenvalue weighted by Gasteiger charge is 2.30. The van der Waals surface area contributed by atoms with Gasteiger partial charge < -0.3 is 14.4 Å². The molecule has 0 aliphatic carbocycles. The number of hydrogen-bond donors (Lipinski definition) is 0. The van der Waals surface area contributed by atoms with Gasteiger partial charge in [0.15, 0.2) is 11.5 Å². The molecule has 0 bridgehead atoms. The molecule has 0 unspecified atom stereocenters. The Morgan fingerprint density at radius 3 is 2.72 bits per heavy atom. The van der Waals surface area contributed by atoms with E-state index in [2.05, 4.69) is 28.9 Å². The van der Waals surface area contributed by atoms with Crippen molar-refractivity contribution in [1.82, 2.24) is 9.80 Å². The normalized spacial score (nSPS) is 24.5. The predicted molar refractivity (Wildman–Crippen MR) is 95.5 cm³/mol. The third kappa shape index (κ3) is 3.76. The van der Waals surface area contributed by atoms with Crippen LogP contribution in [0.25, 0.3) is 0 Å². The zero-order valence-corrected chi connectivity index (χ0v) is 15.1. The number of ether oxygens (including phenoxy) is 2. The largest absolute Gasteiger partial charge is 0.454 e. The van der Waals surface area contributed by atoms with E-state index in [-0.39, 0.29) is 5.92 Å². The number of carbonyl (C=O) groups is 1. The van der Waals surface area contributed by atoms with Crippen LogP contribution in [-0.4, -0.2) is 48.7 Å². The van der Waals surface area contributed by atoms with Crippen molar-refractivity contribution in [2.24, 2.45) is 11.8 Å². The molecule has 0 aromatic heterocycles. The van der Waals surface area contributed by atoms with Crippen molar-refractivity contribution in [2.45, 2.75) is 39.2 Å². The van der Waals surface area contributed by atoms with Crippen molar-refractivity contribution in [3.8, 4) is 11.5 Å². The van der Waals surface area contributed by atoms with E-state index in [0.717, 1.165) is 63.5 Å². The molecular weight excluding hydrogens is 316 g/mol. The fourth-order valence-electron chi connectivity index (χ4n) is 4.28. The van der Waals surface area contributed by atoms with Gasteiger partial charge in [-0.05, 0) is 62.4 Å². The van der Waals surface area contributed by atoms with Crippen LogP contribution in [0.3, 0.4) is 0 Å². The molecule has 3 aliphatic heterocycles. The van der Waals surface area contributed by atoms with Crippen LogP contribution < -0.4 is 9.47 Å². The Morgan fingerprint density at radius 2 is 1.92 bits per heavy atom. The lowest BCUT2D eigenvalue weighted by atomic mass is 9.92. The summed E-state index contributed by atoms with van der Waals surface area (Å²) in [5, 5.41) is 0. The fraction of sp³-hybridized carbons (Fsp3) is 0.650. The van der Waals surface area contributed by atoms with Crippen molar-refractivity contribution < 1.29 is 14.3 Å². The van der Waals surface area contributed by atoms with Crippen LogP contribution in [0.2, 0.25) is 0 Å². The molecule has 1 atom stereocenters. The number of amides is 1. The highest BCUT2D eigenvalue weighted by Crippen LogP contribution is 2.33. The van der Waals surface area contributed by atoms with Gasteiger partial charge in [-0.15, -0.1) is 0 Å². The highest BCUT2D eigenvalue weighted by atomic mass is 16.7. The molecule has 3 aliphatic rings. The van der Waals surface area contributed by atoms with E-state index in [1.165, 1.54) is 12.0 Å². The molecule has 0 radical (unpaired) electrons. The Kier molecular flexibility index (Phi) is 4.84. The summed E-state index contributed by atoms with van der Waals surface area (Å²) in [6.07, 6.45) is 4.39. The van der Waals surface area contributed by atoms with Gasteiger partial charge in [-0.3, -0.25) is 9.69 Å². The molecule has 136 valence electrons. The van der Waals surface area contributed by atoms with Crippen LogP contribution in [0.5, 0.6) is 11.5 Å². The zero-order chi connectivity index (χ0) is 17.2. The van der Waals surface area contributed by atoms with Crippen LogP contribution in [0.15, 0.2) is 18.2 Å². The minimum absolute atomic E-state index is 0.221. The third-order valence-corrected chi connectivity index (χ3v) is 5.75. The maximum Gasteiger partial charge on any atom is 0.231 e. The maximum absolute atomic E-state index is 12.8. The second kappa shape index (κ2) is 7.24. The summed E-state index contributed by atoms with van der Waals surface area (Å²) in [5.74, 6) is 2.96. The molecule has 0 N–H and O–H groups in total. The summed E-state index contributed by atoms with van der Waals surface area (Å²) in [6, 6.07) is 6.18. The molecule has 3 heterocycles. The number of piperidine rings is 2. The van der Waals surface area contributed by atoms with E-state index < -0.39 is 0 Å². The summed E-state index contributed by atoms with van der Waals surface area (Å²) in [7, 11) is 0. The second-order valence-electron chi connectivity index (χ2n) is 7.77. The van der Waals surface area contributed by atoms with Crippen LogP contribution in [0.1, 0.15) is 38.2 Å². The Bertz CT molecular complexity index is 625. The van der Waals surface area contributed by atoms with Gasteiger partial charge in [-0.2, -0.15) is 0 Å². The third-order valence-electron chi connectivity index (χ3n) is 5.75. The first-order chi connectivity index (χ1) is 12.2. The standard InChI is InChI=1S/C20H28N2O3/c1-15-3-2-8-22(12-15)20(23)17-6-9-21(10-7-17)13-16-4-5-18-19(11-16)25-14-24-18/h4-5,11,15,17H,2-3,6-10,12-14H2,1H3/t15-/m1/s1. The molecule has 0 saturated carbocycles. The molecule has 0 spiro atoms. The van der Waals surface area contributed by atoms with Gasteiger partial charge >= 0.3 is 0 Å². The summed E-state index contributed by atoms with van der Waals surface area (Å²) < 4.78 is 10.8. The molecule has 5 heteroatoms. The van der Waals surface area contributed by atoms with Crippen molar-refractivity contribution in [2.75, 3.05) is 33.0 Å². The van der Waals surface area contributed by atoms with Gasteiger partial charge in [0, 0.05) is 25.6 Å². The smallest absolute Gasteiger partial charge is 0.231 e. The number of hydrogen-bond acceptors (Lipinski definition) is 4. The summed E-state index contributed by atoms with van der Waals surface area (Å²) in [6.45, 7) is 7.40. The van der Waals surface area contributed by atoms with E-state index in [1.807, 2.05) is 6.07 Å². The van der Waals surface area contributed by atoms with Crippen molar-refractivity contribution in [3.63, 3.8) is 0 Å². The first-order valence-corrected chi connectivity index (χ1v) is 9.59. The molecule has 1 aromatic rings. The van der Waals surface area contributed by atoms with Crippen LogP contribution in [0.4, 0.5) is 0 Å².